The Balaban J connectivity index is 3.31. The molecule has 15 heavy (non-hydrogen) atoms. The normalized spacial score (nSPS) is 11.9. The molecule has 3 N–H and O–H groups in total. The molecule has 0 spiro atoms. The van der Waals surface area contributed by atoms with Crippen molar-refractivity contribution in [3.05, 3.63) is 23.3 Å². The first-order chi connectivity index (χ1) is 7.13. The zero-order valence-electron chi connectivity index (χ0n) is 8.82. The zero-order valence-corrected chi connectivity index (χ0v) is 8.82. The first-order valence-corrected chi connectivity index (χ1v) is 4.65. The smallest absolute Gasteiger partial charge is 0.162 e. The summed E-state index contributed by atoms with van der Waals surface area (Å²) < 4.78 is 4.98. The van der Waals surface area contributed by atoms with Gasteiger partial charge in [0.2, 0.25) is 0 Å². The van der Waals surface area contributed by atoms with Crippen LogP contribution in [0.2, 0.25) is 0 Å². The largest absolute Gasteiger partial charge is 0.504 e. The van der Waals surface area contributed by atoms with Crippen LogP contribution >= 0.6 is 0 Å². The molecule has 0 bridgehead atoms. The molecule has 4 heteroatoms. The van der Waals surface area contributed by atoms with Crippen LogP contribution in [0.25, 0.3) is 0 Å². The lowest BCUT2D eigenvalue weighted by Gasteiger charge is -2.14. The summed E-state index contributed by atoms with van der Waals surface area (Å²) in [6.07, 6.45) is 0. The molecule has 0 fully saturated rings. The summed E-state index contributed by atoms with van der Waals surface area (Å²) in [4.78, 5) is 0. The lowest BCUT2D eigenvalue weighted by atomic mass is 9.97. The molecule has 1 unspecified atom stereocenters. The van der Waals surface area contributed by atoms with Crippen LogP contribution in [-0.4, -0.2) is 18.8 Å². The number of rotatable bonds is 3. The van der Waals surface area contributed by atoms with Crippen molar-refractivity contribution >= 4 is 0 Å². The third kappa shape index (κ3) is 2.20. The number of nitriles is 1. The van der Waals surface area contributed by atoms with Gasteiger partial charge in [-0.3, -0.25) is 0 Å². The van der Waals surface area contributed by atoms with Crippen LogP contribution in [0.15, 0.2) is 12.1 Å². The van der Waals surface area contributed by atoms with Crippen LogP contribution in [0.3, 0.4) is 0 Å². The van der Waals surface area contributed by atoms with E-state index in [1.807, 2.05) is 13.0 Å². The van der Waals surface area contributed by atoms with Gasteiger partial charge in [-0.2, -0.15) is 5.26 Å². The summed E-state index contributed by atoms with van der Waals surface area (Å²) in [6.45, 7) is 2.29. The number of phenols is 1. The maximum atomic E-state index is 9.82. The first kappa shape index (κ1) is 11.3. The maximum Gasteiger partial charge on any atom is 0.162 e. The lowest BCUT2D eigenvalue weighted by Crippen LogP contribution is -2.09. The van der Waals surface area contributed by atoms with Crippen LogP contribution in [0.5, 0.6) is 11.5 Å². The van der Waals surface area contributed by atoms with Gasteiger partial charge in [0.15, 0.2) is 11.5 Å². The molecule has 1 aromatic carbocycles. The van der Waals surface area contributed by atoms with E-state index in [1.54, 1.807) is 6.07 Å². The van der Waals surface area contributed by atoms with Crippen molar-refractivity contribution in [1.82, 2.24) is 0 Å². The fourth-order valence-electron chi connectivity index (χ4n) is 1.35. The maximum absolute atomic E-state index is 9.82. The second kappa shape index (κ2) is 4.67. The molecular formula is C11H14N2O2. The molecule has 0 radical (unpaired) electrons. The molecule has 1 aromatic rings. The molecule has 0 amide bonds. The molecule has 0 saturated carbocycles. The van der Waals surface area contributed by atoms with Crippen molar-refractivity contribution in [2.75, 3.05) is 13.7 Å². The zero-order chi connectivity index (χ0) is 11.4. The van der Waals surface area contributed by atoms with Crippen LogP contribution in [0.1, 0.15) is 24.0 Å². The Kier molecular flexibility index (Phi) is 3.53. The summed E-state index contributed by atoms with van der Waals surface area (Å²) in [5.41, 5.74) is 6.63. The van der Waals surface area contributed by atoms with E-state index in [0.29, 0.717) is 23.4 Å². The standard InChI is InChI=1S/C11H14N2O2/c1-7(5-12)9-3-8(6-13)4-10(15-2)11(9)14/h3-4,7,14H,5,12H2,1-2H3. The van der Waals surface area contributed by atoms with Crippen molar-refractivity contribution in [2.24, 2.45) is 5.73 Å². The van der Waals surface area contributed by atoms with E-state index < -0.39 is 0 Å². The summed E-state index contributed by atoms with van der Waals surface area (Å²) in [5, 5.41) is 18.6. The van der Waals surface area contributed by atoms with Crippen molar-refractivity contribution in [1.29, 1.82) is 5.26 Å². The first-order valence-electron chi connectivity index (χ1n) is 4.65. The molecule has 1 atom stereocenters. The predicted molar refractivity (Wildman–Crippen MR) is 56.8 cm³/mol. The molecule has 0 aliphatic rings. The van der Waals surface area contributed by atoms with E-state index >= 15 is 0 Å². The highest BCUT2D eigenvalue weighted by atomic mass is 16.5. The third-order valence-electron chi connectivity index (χ3n) is 2.34. The van der Waals surface area contributed by atoms with Gasteiger partial charge in [-0.1, -0.05) is 6.92 Å². The number of nitrogens with two attached hydrogens (primary N) is 1. The van der Waals surface area contributed by atoms with E-state index in [2.05, 4.69) is 0 Å². The number of nitrogens with zero attached hydrogens (tertiary/aromatic N) is 1. The lowest BCUT2D eigenvalue weighted by molar-refractivity contribution is 0.369. The van der Waals surface area contributed by atoms with E-state index in [0.717, 1.165) is 0 Å². The Hall–Kier alpha value is -1.73. The summed E-state index contributed by atoms with van der Waals surface area (Å²) >= 11 is 0. The van der Waals surface area contributed by atoms with Gasteiger partial charge in [0, 0.05) is 11.6 Å². The van der Waals surface area contributed by atoms with Gasteiger partial charge in [0.05, 0.1) is 18.7 Å². The SMILES string of the molecule is COc1cc(C#N)cc(C(C)CN)c1O. The van der Waals surface area contributed by atoms with Gasteiger partial charge < -0.3 is 15.6 Å². The average molecular weight is 206 g/mol. The topological polar surface area (TPSA) is 79.3 Å². The van der Waals surface area contributed by atoms with Gasteiger partial charge >= 0.3 is 0 Å². The Morgan fingerprint density at radius 3 is 2.73 bits per heavy atom. The van der Waals surface area contributed by atoms with Gasteiger partial charge in [0.1, 0.15) is 0 Å². The van der Waals surface area contributed by atoms with Crippen molar-refractivity contribution < 1.29 is 9.84 Å². The fourth-order valence-corrected chi connectivity index (χ4v) is 1.35. The Bertz CT molecular complexity index is 396. The fraction of sp³-hybridized carbons (Fsp3) is 0.364. The van der Waals surface area contributed by atoms with Gasteiger partial charge in [-0.25, -0.2) is 0 Å². The number of ether oxygens (including phenoxy) is 1. The second-order valence-corrected chi connectivity index (χ2v) is 3.36. The molecule has 1 rings (SSSR count). The minimum absolute atomic E-state index is 0.00722. The Morgan fingerprint density at radius 2 is 2.27 bits per heavy atom. The number of aromatic hydroxyl groups is 1. The van der Waals surface area contributed by atoms with Crippen LogP contribution in [0.4, 0.5) is 0 Å². The van der Waals surface area contributed by atoms with Crippen LogP contribution in [-0.2, 0) is 0 Å². The molecule has 0 heterocycles. The van der Waals surface area contributed by atoms with Gasteiger partial charge in [-0.05, 0) is 18.5 Å². The summed E-state index contributed by atoms with van der Waals surface area (Å²) in [6, 6.07) is 5.15. The number of hydrogen-bond donors (Lipinski definition) is 2. The molecular weight excluding hydrogens is 192 g/mol. The van der Waals surface area contributed by atoms with Gasteiger partial charge in [0.25, 0.3) is 0 Å². The number of phenolic OH excluding ortho intramolecular Hbond substituents is 1. The Labute approximate surface area is 88.9 Å². The van der Waals surface area contributed by atoms with E-state index in [1.165, 1.54) is 13.2 Å². The van der Waals surface area contributed by atoms with Crippen molar-refractivity contribution in [3.63, 3.8) is 0 Å². The highest BCUT2D eigenvalue weighted by Gasteiger charge is 2.14. The van der Waals surface area contributed by atoms with Gasteiger partial charge in [-0.15, -0.1) is 0 Å². The highest BCUT2D eigenvalue weighted by Crippen LogP contribution is 2.35. The van der Waals surface area contributed by atoms with E-state index in [9.17, 15) is 5.11 Å². The molecule has 0 aliphatic heterocycles. The third-order valence-corrected chi connectivity index (χ3v) is 2.34. The van der Waals surface area contributed by atoms with Crippen molar-refractivity contribution in [2.45, 2.75) is 12.8 Å². The quantitative estimate of drug-likeness (QED) is 0.782. The summed E-state index contributed by atoms with van der Waals surface area (Å²) in [7, 11) is 1.45. The monoisotopic (exact) mass is 206 g/mol. The second-order valence-electron chi connectivity index (χ2n) is 3.36. The average Bonchev–Trinajstić information content (AvgIpc) is 2.28. The highest BCUT2D eigenvalue weighted by molar-refractivity contribution is 5.52. The predicted octanol–water partition coefficient (Wildman–Crippen LogP) is 1.33. The Morgan fingerprint density at radius 1 is 1.60 bits per heavy atom. The van der Waals surface area contributed by atoms with E-state index in [4.69, 9.17) is 15.7 Å². The molecule has 0 saturated heterocycles. The molecule has 80 valence electrons. The minimum atomic E-state index is -0.00722. The molecule has 0 aromatic heterocycles. The van der Waals surface area contributed by atoms with Crippen LogP contribution in [0, 0.1) is 11.3 Å². The van der Waals surface area contributed by atoms with E-state index in [-0.39, 0.29) is 11.7 Å². The summed E-state index contributed by atoms with van der Waals surface area (Å²) in [5.74, 6) is 0.367. The minimum Gasteiger partial charge on any atom is -0.504 e. The number of hydrogen-bond acceptors (Lipinski definition) is 4. The molecule has 4 nitrogen and oxygen atoms in total. The molecule has 0 aliphatic carbocycles. The van der Waals surface area contributed by atoms with Crippen molar-refractivity contribution in [3.8, 4) is 17.6 Å². The number of benzene rings is 1. The van der Waals surface area contributed by atoms with Crippen LogP contribution < -0.4 is 10.5 Å². The number of methoxy groups -OCH3 is 1.